The number of nitrogens with zero attached hydrogens (tertiary/aromatic N) is 1. The molecule has 1 atom stereocenters. The number of amides is 2. The van der Waals surface area contributed by atoms with Gasteiger partial charge >= 0.3 is 0 Å². The molecule has 3 N–H and O–H groups in total. The first-order valence-corrected chi connectivity index (χ1v) is 13.0. The van der Waals surface area contributed by atoms with Gasteiger partial charge in [0.25, 0.3) is 5.56 Å². The van der Waals surface area contributed by atoms with Crippen LogP contribution in [0.5, 0.6) is 5.75 Å². The molecule has 0 saturated heterocycles. The Morgan fingerprint density at radius 1 is 0.975 bits per heavy atom. The predicted molar refractivity (Wildman–Crippen MR) is 155 cm³/mol. The second-order valence-corrected chi connectivity index (χ2v) is 9.54. The fraction of sp³-hybridized carbons (Fsp3) is 0.161. The lowest BCUT2D eigenvalue weighted by Gasteiger charge is -2.22. The molecule has 2 amide bonds. The highest BCUT2D eigenvalue weighted by Gasteiger charge is 2.25. The zero-order valence-corrected chi connectivity index (χ0v) is 22.8. The first kappa shape index (κ1) is 28.3. The lowest BCUT2D eigenvalue weighted by molar-refractivity contribution is -0.119. The summed E-state index contributed by atoms with van der Waals surface area (Å²) in [6, 6.07) is 20.7. The molecule has 1 heterocycles. The maximum Gasteiger partial charge on any atom is 0.252 e. The minimum atomic E-state index is -0.954. The van der Waals surface area contributed by atoms with Gasteiger partial charge < -0.3 is 15.8 Å². The Bertz CT molecular complexity index is 1610. The summed E-state index contributed by atoms with van der Waals surface area (Å²) in [7, 11) is 1.45. The van der Waals surface area contributed by atoms with Gasteiger partial charge in [-0.25, -0.2) is 0 Å². The molecule has 0 saturated carbocycles. The molecule has 0 bridgehead atoms. The fourth-order valence-corrected chi connectivity index (χ4v) is 4.59. The highest BCUT2D eigenvalue weighted by Crippen LogP contribution is 2.34. The lowest BCUT2D eigenvalue weighted by Crippen LogP contribution is -2.34. The number of halogens is 1. The SMILES string of the molecule is CCC(=O)c1ccc(Cl)cc1-c1cc(=O)n([C@@H](Cc2ccccc2)C(=O)Nc2ccc(C(N)=O)cc2)cc1OC. The molecule has 0 aliphatic heterocycles. The van der Waals surface area contributed by atoms with Crippen molar-refractivity contribution in [2.75, 3.05) is 12.4 Å². The molecule has 4 rings (SSSR count). The Balaban J connectivity index is 1.79. The van der Waals surface area contributed by atoms with Crippen molar-refractivity contribution < 1.29 is 19.1 Å². The van der Waals surface area contributed by atoms with Crippen LogP contribution in [-0.2, 0) is 11.2 Å². The van der Waals surface area contributed by atoms with Crippen LogP contribution in [0.2, 0.25) is 5.02 Å². The first-order valence-electron chi connectivity index (χ1n) is 12.6. The van der Waals surface area contributed by atoms with Crippen molar-refractivity contribution in [1.29, 1.82) is 0 Å². The van der Waals surface area contributed by atoms with Crippen molar-refractivity contribution in [3.63, 3.8) is 0 Å². The number of methoxy groups -OCH3 is 1. The Kier molecular flexibility index (Phi) is 8.81. The van der Waals surface area contributed by atoms with Crippen LogP contribution < -0.4 is 21.3 Å². The highest BCUT2D eigenvalue weighted by atomic mass is 35.5. The molecule has 0 aliphatic rings. The molecule has 0 spiro atoms. The van der Waals surface area contributed by atoms with Crippen molar-refractivity contribution in [3.05, 3.63) is 117 Å². The van der Waals surface area contributed by atoms with E-state index in [9.17, 15) is 19.2 Å². The smallest absolute Gasteiger partial charge is 0.252 e. The number of ether oxygens (including phenoxy) is 1. The zero-order chi connectivity index (χ0) is 28.8. The quantitative estimate of drug-likeness (QED) is 0.257. The molecule has 0 unspecified atom stereocenters. The molecule has 0 fully saturated rings. The topological polar surface area (TPSA) is 120 Å². The number of aromatic nitrogens is 1. The molecular formula is C31H28ClN3O5. The number of carbonyl (C=O) groups is 3. The zero-order valence-electron chi connectivity index (χ0n) is 22.0. The van der Waals surface area contributed by atoms with Crippen LogP contribution in [0.3, 0.4) is 0 Å². The number of benzene rings is 3. The molecule has 204 valence electrons. The van der Waals surface area contributed by atoms with E-state index in [0.29, 0.717) is 38.7 Å². The number of anilines is 1. The molecule has 1 aromatic heterocycles. The molecule has 3 aromatic carbocycles. The number of primary amides is 1. The monoisotopic (exact) mass is 557 g/mol. The number of hydrogen-bond acceptors (Lipinski definition) is 5. The summed E-state index contributed by atoms with van der Waals surface area (Å²) in [6.07, 6.45) is 1.96. The Morgan fingerprint density at radius 3 is 2.30 bits per heavy atom. The van der Waals surface area contributed by atoms with Crippen molar-refractivity contribution in [1.82, 2.24) is 4.57 Å². The summed E-state index contributed by atoms with van der Waals surface area (Å²) >= 11 is 6.25. The molecule has 9 heteroatoms. The number of hydrogen-bond donors (Lipinski definition) is 2. The van der Waals surface area contributed by atoms with Gasteiger partial charge in [0.05, 0.1) is 13.3 Å². The largest absolute Gasteiger partial charge is 0.495 e. The molecule has 40 heavy (non-hydrogen) atoms. The van der Waals surface area contributed by atoms with Crippen LogP contribution >= 0.6 is 11.6 Å². The third-order valence-electron chi connectivity index (χ3n) is 6.50. The average Bonchev–Trinajstić information content (AvgIpc) is 2.96. The van der Waals surface area contributed by atoms with Crippen LogP contribution in [0.1, 0.15) is 45.7 Å². The van der Waals surface area contributed by atoms with Gasteiger partial charge in [-0.15, -0.1) is 0 Å². The summed E-state index contributed by atoms with van der Waals surface area (Å²) < 4.78 is 6.96. The standard InChI is InChI=1S/C31H28ClN3O5/c1-3-27(36)23-14-11-21(32)16-24(23)25-17-29(37)35(18-28(25)40-2)26(15-19-7-5-4-6-8-19)31(39)34-22-12-9-20(10-13-22)30(33)38/h4-14,16-18,26H,3,15H2,1-2H3,(H2,33,38)(H,34,39)/t26-/m0/s1. The van der Waals surface area contributed by atoms with E-state index in [4.69, 9.17) is 22.1 Å². The number of ketones is 1. The number of pyridine rings is 1. The van der Waals surface area contributed by atoms with Crippen LogP contribution in [0.15, 0.2) is 89.9 Å². The van der Waals surface area contributed by atoms with E-state index >= 15 is 0 Å². The number of nitrogens with two attached hydrogens (primary N) is 1. The van der Waals surface area contributed by atoms with E-state index in [1.165, 1.54) is 36.1 Å². The molecule has 0 aliphatic carbocycles. The molecule has 4 aromatic rings. The molecule has 0 radical (unpaired) electrons. The predicted octanol–water partition coefficient (Wildman–Crippen LogP) is 5.29. The average molecular weight is 558 g/mol. The minimum absolute atomic E-state index is 0.110. The fourth-order valence-electron chi connectivity index (χ4n) is 4.42. The molecule has 8 nitrogen and oxygen atoms in total. The number of Topliss-reactive ketones (excluding diaryl/α,β-unsaturated/α-hetero) is 1. The van der Waals surface area contributed by atoms with E-state index in [1.807, 2.05) is 30.3 Å². The third kappa shape index (κ3) is 6.30. The maximum absolute atomic E-state index is 13.6. The van der Waals surface area contributed by atoms with Gasteiger partial charge in [-0.2, -0.15) is 0 Å². The summed E-state index contributed by atoms with van der Waals surface area (Å²) in [4.78, 5) is 51.3. The Hall–Kier alpha value is -4.69. The minimum Gasteiger partial charge on any atom is -0.495 e. The van der Waals surface area contributed by atoms with Crippen molar-refractivity contribution in [2.24, 2.45) is 5.73 Å². The number of carbonyl (C=O) groups excluding carboxylic acids is 3. The van der Waals surface area contributed by atoms with Gasteiger partial charge in [0.2, 0.25) is 11.8 Å². The van der Waals surface area contributed by atoms with Gasteiger partial charge in [-0.1, -0.05) is 48.9 Å². The van der Waals surface area contributed by atoms with Gasteiger partial charge in [0.1, 0.15) is 11.8 Å². The van der Waals surface area contributed by atoms with Crippen molar-refractivity contribution in [2.45, 2.75) is 25.8 Å². The summed E-state index contributed by atoms with van der Waals surface area (Å²) in [6.45, 7) is 1.75. The summed E-state index contributed by atoms with van der Waals surface area (Å²) in [5.41, 5.74) is 7.71. The number of rotatable bonds is 10. The summed E-state index contributed by atoms with van der Waals surface area (Å²) in [5, 5.41) is 3.22. The van der Waals surface area contributed by atoms with Crippen LogP contribution in [0, 0.1) is 0 Å². The van der Waals surface area contributed by atoms with Gasteiger partial charge in [0.15, 0.2) is 5.78 Å². The van der Waals surface area contributed by atoms with Crippen LogP contribution in [0.25, 0.3) is 11.1 Å². The normalized spacial score (nSPS) is 11.5. The van der Waals surface area contributed by atoms with E-state index in [2.05, 4.69) is 5.32 Å². The number of nitrogens with one attached hydrogen (secondary N) is 1. The van der Waals surface area contributed by atoms with Gasteiger partial charge in [-0.05, 0) is 53.6 Å². The van der Waals surface area contributed by atoms with Crippen LogP contribution in [0.4, 0.5) is 5.69 Å². The second kappa shape index (κ2) is 12.4. The Labute approximate surface area is 236 Å². The van der Waals surface area contributed by atoms with Gasteiger partial charge in [0, 0.05) is 46.3 Å². The third-order valence-corrected chi connectivity index (χ3v) is 6.74. The highest BCUT2D eigenvalue weighted by molar-refractivity contribution is 6.31. The van der Waals surface area contributed by atoms with E-state index in [1.54, 1.807) is 37.3 Å². The van der Waals surface area contributed by atoms with Crippen LogP contribution in [-0.4, -0.2) is 29.3 Å². The van der Waals surface area contributed by atoms with E-state index < -0.39 is 23.4 Å². The maximum atomic E-state index is 13.6. The lowest BCUT2D eigenvalue weighted by atomic mass is 9.95. The molecular weight excluding hydrogens is 530 g/mol. The second-order valence-electron chi connectivity index (χ2n) is 9.10. The van der Waals surface area contributed by atoms with Crippen molar-refractivity contribution >= 4 is 34.9 Å². The van der Waals surface area contributed by atoms with Gasteiger partial charge in [-0.3, -0.25) is 23.7 Å². The summed E-state index contributed by atoms with van der Waals surface area (Å²) in [5.74, 6) is -0.843. The van der Waals surface area contributed by atoms with Crippen molar-refractivity contribution in [3.8, 4) is 16.9 Å². The Morgan fingerprint density at radius 2 is 1.68 bits per heavy atom. The van der Waals surface area contributed by atoms with E-state index in [-0.39, 0.29) is 18.6 Å². The first-order chi connectivity index (χ1) is 19.2. The van der Waals surface area contributed by atoms with E-state index in [0.717, 1.165) is 5.56 Å².